The Morgan fingerprint density at radius 1 is 1.18 bits per heavy atom. The molecule has 0 saturated carbocycles. The first kappa shape index (κ1) is 15.0. The van der Waals surface area contributed by atoms with E-state index in [1.807, 2.05) is 18.2 Å². The summed E-state index contributed by atoms with van der Waals surface area (Å²) >= 11 is 5.67. The van der Waals surface area contributed by atoms with Crippen molar-refractivity contribution < 1.29 is 9.47 Å². The molecule has 4 heteroatoms. The second kappa shape index (κ2) is 7.41. The highest BCUT2D eigenvalue weighted by Gasteiger charge is 2.12. The molecule has 0 aliphatic carbocycles. The summed E-state index contributed by atoms with van der Waals surface area (Å²) in [7, 11) is 0. The topological polar surface area (TPSA) is 30.5 Å². The number of rotatable bonds is 5. The molecule has 2 aromatic carbocycles. The summed E-state index contributed by atoms with van der Waals surface area (Å²) in [6, 6.07) is 14.4. The van der Waals surface area contributed by atoms with E-state index < -0.39 is 0 Å². The SMILES string of the molecule is ClCCOc1cccc(Cc2cccc3c2NCCCO3)c1. The number of hydrogen-bond donors (Lipinski definition) is 1. The number of anilines is 1. The van der Waals surface area contributed by atoms with Crippen molar-refractivity contribution in [3.8, 4) is 11.5 Å². The quantitative estimate of drug-likeness (QED) is 0.843. The summed E-state index contributed by atoms with van der Waals surface area (Å²) in [6.07, 6.45) is 1.87. The Hall–Kier alpha value is -1.87. The Kier molecular flexibility index (Phi) is 5.07. The van der Waals surface area contributed by atoms with E-state index in [9.17, 15) is 0 Å². The Labute approximate surface area is 136 Å². The molecule has 116 valence electrons. The van der Waals surface area contributed by atoms with Crippen molar-refractivity contribution in [2.75, 3.05) is 31.0 Å². The molecule has 3 nitrogen and oxygen atoms in total. The predicted molar refractivity (Wildman–Crippen MR) is 90.5 cm³/mol. The summed E-state index contributed by atoms with van der Waals surface area (Å²) in [6.45, 7) is 2.25. The molecule has 22 heavy (non-hydrogen) atoms. The Bertz CT molecular complexity index is 630. The number of nitrogens with one attached hydrogen (secondary N) is 1. The van der Waals surface area contributed by atoms with Crippen LogP contribution in [0, 0.1) is 0 Å². The van der Waals surface area contributed by atoms with Crippen LogP contribution in [0.4, 0.5) is 5.69 Å². The molecule has 0 bridgehead atoms. The average molecular weight is 318 g/mol. The minimum absolute atomic E-state index is 0.498. The smallest absolute Gasteiger partial charge is 0.142 e. The molecule has 1 heterocycles. The van der Waals surface area contributed by atoms with E-state index in [0.717, 1.165) is 43.2 Å². The Morgan fingerprint density at radius 2 is 2.09 bits per heavy atom. The van der Waals surface area contributed by atoms with E-state index in [-0.39, 0.29) is 0 Å². The third-order valence-electron chi connectivity index (χ3n) is 3.63. The van der Waals surface area contributed by atoms with Crippen molar-refractivity contribution in [1.29, 1.82) is 0 Å². The zero-order valence-corrected chi connectivity index (χ0v) is 13.2. The average Bonchev–Trinajstić information content (AvgIpc) is 2.79. The second-order valence-corrected chi connectivity index (χ2v) is 5.66. The summed E-state index contributed by atoms with van der Waals surface area (Å²) in [5.41, 5.74) is 3.58. The molecule has 1 aliphatic rings. The van der Waals surface area contributed by atoms with Crippen LogP contribution < -0.4 is 14.8 Å². The maximum absolute atomic E-state index is 5.80. The van der Waals surface area contributed by atoms with Gasteiger partial charge in [-0.2, -0.15) is 0 Å². The van der Waals surface area contributed by atoms with Crippen LogP contribution in [0.2, 0.25) is 0 Å². The van der Waals surface area contributed by atoms with Crippen molar-refractivity contribution in [1.82, 2.24) is 0 Å². The molecule has 1 N–H and O–H groups in total. The minimum Gasteiger partial charge on any atom is -0.492 e. The van der Waals surface area contributed by atoms with Crippen LogP contribution in [0.15, 0.2) is 42.5 Å². The van der Waals surface area contributed by atoms with E-state index in [0.29, 0.717) is 12.5 Å². The molecule has 0 unspecified atom stereocenters. The van der Waals surface area contributed by atoms with E-state index in [1.54, 1.807) is 0 Å². The van der Waals surface area contributed by atoms with E-state index in [1.165, 1.54) is 11.1 Å². The number of para-hydroxylation sites is 1. The molecular weight excluding hydrogens is 298 g/mol. The van der Waals surface area contributed by atoms with Gasteiger partial charge in [0, 0.05) is 6.54 Å². The molecule has 0 radical (unpaired) electrons. The van der Waals surface area contributed by atoms with Crippen molar-refractivity contribution in [3.05, 3.63) is 53.6 Å². The lowest BCUT2D eigenvalue weighted by atomic mass is 10.0. The van der Waals surface area contributed by atoms with E-state index >= 15 is 0 Å². The maximum atomic E-state index is 5.80. The Balaban J connectivity index is 1.81. The number of alkyl halides is 1. The predicted octanol–water partition coefficient (Wildman–Crippen LogP) is 4.09. The molecule has 0 spiro atoms. The van der Waals surface area contributed by atoms with Gasteiger partial charge in [0.25, 0.3) is 0 Å². The van der Waals surface area contributed by atoms with Crippen LogP contribution in [-0.2, 0) is 6.42 Å². The fourth-order valence-corrected chi connectivity index (χ4v) is 2.71. The highest BCUT2D eigenvalue weighted by atomic mass is 35.5. The van der Waals surface area contributed by atoms with Gasteiger partial charge in [-0.1, -0.05) is 24.3 Å². The monoisotopic (exact) mass is 317 g/mol. The van der Waals surface area contributed by atoms with Gasteiger partial charge >= 0.3 is 0 Å². The molecule has 2 aromatic rings. The van der Waals surface area contributed by atoms with Gasteiger partial charge in [-0.25, -0.2) is 0 Å². The van der Waals surface area contributed by atoms with E-state index in [4.69, 9.17) is 21.1 Å². The lowest BCUT2D eigenvalue weighted by Crippen LogP contribution is -2.03. The van der Waals surface area contributed by atoms with Crippen molar-refractivity contribution in [2.24, 2.45) is 0 Å². The first-order chi connectivity index (χ1) is 10.9. The number of hydrogen-bond acceptors (Lipinski definition) is 3. The van der Waals surface area contributed by atoms with Crippen LogP contribution in [0.1, 0.15) is 17.5 Å². The highest BCUT2D eigenvalue weighted by molar-refractivity contribution is 6.18. The normalized spacial score (nSPS) is 13.5. The number of halogens is 1. The fourth-order valence-electron chi connectivity index (χ4n) is 2.63. The number of benzene rings is 2. The van der Waals surface area contributed by atoms with Gasteiger partial charge in [-0.05, 0) is 42.2 Å². The number of ether oxygens (including phenoxy) is 2. The summed E-state index contributed by atoms with van der Waals surface area (Å²) in [5.74, 6) is 2.31. The van der Waals surface area contributed by atoms with Gasteiger partial charge in [-0.3, -0.25) is 0 Å². The van der Waals surface area contributed by atoms with Crippen molar-refractivity contribution in [2.45, 2.75) is 12.8 Å². The molecular formula is C18H20ClNO2. The standard InChI is InChI=1S/C18H20ClNO2/c19-8-11-21-16-6-1-4-14(13-16)12-15-5-2-7-17-18(15)20-9-3-10-22-17/h1-2,4-7,13,20H,3,8-12H2. The van der Waals surface area contributed by atoms with Gasteiger partial charge in [0.2, 0.25) is 0 Å². The van der Waals surface area contributed by atoms with Gasteiger partial charge < -0.3 is 14.8 Å². The van der Waals surface area contributed by atoms with Crippen LogP contribution in [0.25, 0.3) is 0 Å². The molecule has 3 rings (SSSR count). The molecule has 1 aliphatic heterocycles. The zero-order chi connectivity index (χ0) is 15.2. The minimum atomic E-state index is 0.498. The third-order valence-corrected chi connectivity index (χ3v) is 3.79. The van der Waals surface area contributed by atoms with Crippen LogP contribution in [0.3, 0.4) is 0 Å². The highest BCUT2D eigenvalue weighted by Crippen LogP contribution is 2.32. The lowest BCUT2D eigenvalue weighted by Gasteiger charge is -2.14. The third kappa shape index (κ3) is 3.66. The lowest BCUT2D eigenvalue weighted by molar-refractivity contribution is 0.323. The number of fused-ring (bicyclic) bond motifs is 1. The van der Waals surface area contributed by atoms with Crippen molar-refractivity contribution >= 4 is 17.3 Å². The van der Waals surface area contributed by atoms with Crippen molar-refractivity contribution in [3.63, 3.8) is 0 Å². The summed E-state index contributed by atoms with van der Waals surface area (Å²) in [5, 5.41) is 3.49. The first-order valence-corrected chi connectivity index (χ1v) is 8.16. The second-order valence-electron chi connectivity index (χ2n) is 5.28. The molecule has 0 amide bonds. The summed E-state index contributed by atoms with van der Waals surface area (Å²) < 4.78 is 11.4. The fraction of sp³-hybridized carbons (Fsp3) is 0.333. The molecule has 0 fully saturated rings. The van der Waals surface area contributed by atoms with Crippen LogP contribution >= 0.6 is 11.6 Å². The first-order valence-electron chi connectivity index (χ1n) is 7.63. The maximum Gasteiger partial charge on any atom is 0.142 e. The Morgan fingerprint density at radius 3 is 3.00 bits per heavy atom. The van der Waals surface area contributed by atoms with Gasteiger partial charge in [0.1, 0.15) is 18.1 Å². The largest absolute Gasteiger partial charge is 0.492 e. The summed E-state index contributed by atoms with van der Waals surface area (Å²) in [4.78, 5) is 0. The van der Waals surface area contributed by atoms with Gasteiger partial charge in [-0.15, -0.1) is 11.6 Å². The molecule has 0 atom stereocenters. The zero-order valence-electron chi connectivity index (χ0n) is 12.5. The van der Waals surface area contributed by atoms with Crippen LogP contribution in [-0.4, -0.2) is 25.6 Å². The van der Waals surface area contributed by atoms with Gasteiger partial charge in [0.15, 0.2) is 0 Å². The van der Waals surface area contributed by atoms with Gasteiger partial charge in [0.05, 0.1) is 18.2 Å². The molecule has 0 aromatic heterocycles. The molecule has 0 saturated heterocycles. The van der Waals surface area contributed by atoms with Crippen LogP contribution in [0.5, 0.6) is 11.5 Å². The van der Waals surface area contributed by atoms with E-state index in [2.05, 4.69) is 29.6 Å².